The van der Waals surface area contributed by atoms with E-state index in [9.17, 15) is 9.18 Å². The first-order valence-corrected chi connectivity index (χ1v) is 7.50. The summed E-state index contributed by atoms with van der Waals surface area (Å²) in [5.74, 6) is -0.614. The fourth-order valence-corrected chi connectivity index (χ4v) is 2.94. The van der Waals surface area contributed by atoms with E-state index in [1.807, 2.05) is 18.2 Å². The molecule has 4 heteroatoms. The van der Waals surface area contributed by atoms with Gasteiger partial charge in [0.1, 0.15) is 5.82 Å². The first-order chi connectivity index (χ1) is 10.1. The second kappa shape index (κ2) is 5.45. The second-order valence-corrected chi connectivity index (χ2v) is 5.70. The van der Waals surface area contributed by atoms with Crippen molar-refractivity contribution in [3.63, 3.8) is 0 Å². The molecule has 0 aliphatic rings. The van der Waals surface area contributed by atoms with Gasteiger partial charge >= 0.3 is 0 Å². The Kier molecular flexibility index (Phi) is 3.64. The van der Waals surface area contributed by atoms with Crippen LogP contribution in [-0.4, -0.2) is 10.8 Å². The Bertz CT molecular complexity index is 838. The Hall–Kier alpha value is -1.94. The van der Waals surface area contributed by atoms with Crippen LogP contribution in [0.2, 0.25) is 0 Å². The van der Waals surface area contributed by atoms with Crippen molar-refractivity contribution in [2.75, 3.05) is 0 Å². The fourth-order valence-electron chi connectivity index (χ4n) is 2.52. The van der Waals surface area contributed by atoms with Crippen molar-refractivity contribution in [1.29, 1.82) is 0 Å². The van der Waals surface area contributed by atoms with Crippen molar-refractivity contribution in [1.82, 2.24) is 4.98 Å². The lowest BCUT2D eigenvalue weighted by Gasteiger charge is -2.04. The minimum absolute atomic E-state index is 0.194. The van der Waals surface area contributed by atoms with Crippen molar-refractivity contribution in [3.8, 4) is 0 Å². The zero-order valence-corrected chi connectivity index (χ0v) is 13.0. The molecule has 2 nitrogen and oxygen atoms in total. The highest BCUT2D eigenvalue weighted by atomic mass is 79.9. The number of fused-ring (bicyclic) bond motifs is 1. The predicted molar refractivity (Wildman–Crippen MR) is 85.2 cm³/mol. The number of hydrogen-bond acceptors (Lipinski definition) is 1. The predicted octanol–water partition coefficient (Wildman–Crippen LogP) is 4.86. The van der Waals surface area contributed by atoms with Crippen LogP contribution >= 0.6 is 15.9 Å². The van der Waals surface area contributed by atoms with E-state index in [0.717, 1.165) is 22.9 Å². The first-order valence-electron chi connectivity index (χ1n) is 6.70. The van der Waals surface area contributed by atoms with E-state index in [1.54, 1.807) is 12.3 Å². The van der Waals surface area contributed by atoms with Gasteiger partial charge in [0.25, 0.3) is 0 Å². The van der Waals surface area contributed by atoms with Crippen molar-refractivity contribution >= 4 is 32.6 Å². The number of H-pyrrole nitrogens is 1. The van der Waals surface area contributed by atoms with Crippen LogP contribution in [0.4, 0.5) is 4.39 Å². The van der Waals surface area contributed by atoms with Gasteiger partial charge in [-0.15, -0.1) is 0 Å². The van der Waals surface area contributed by atoms with E-state index in [2.05, 4.69) is 27.8 Å². The number of carbonyl (C=O) groups excluding carboxylic acids is 1. The molecule has 0 aliphatic heterocycles. The Morgan fingerprint density at radius 1 is 1.24 bits per heavy atom. The highest BCUT2D eigenvalue weighted by Gasteiger charge is 2.18. The summed E-state index contributed by atoms with van der Waals surface area (Å²) in [5, 5.41) is 0.871. The number of benzene rings is 2. The normalized spacial score (nSPS) is 11.0. The van der Waals surface area contributed by atoms with Gasteiger partial charge in [-0.2, -0.15) is 0 Å². The molecule has 21 heavy (non-hydrogen) atoms. The quantitative estimate of drug-likeness (QED) is 0.675. The molecule has 0 fully saturated rings. The first kappa shape index (κ1) is 14.0. The molecule has 3 rings (SSSR count). The average molecular weight is 346 g/mol. The van der Waals surface area contributed by atoms with Gasteiger partial charge < -0.3 is 4.98 Å². The molecule has 1 aromatic heterocycles. The summed E-state index contributed by atoms with van der Waals surface area (Å²) in [6, 6.07) is 10.0. The molecular formula is C17H13BrFNO. The Morgan fingerprint density at radius 3 is 2.81 bits per heavy atom. The van der Waals surface area contributed by atoms with Gasteiger partial charge in [0.15, 0.2) is 5.78 Å². The summed E-state index contributed by atoms with van der Waals surface area (Å²) < 4.78 is 14.0. The van der Waals surface area contributed by atoms with Crippen molar-refractivity contribution < 1.29 is 9.18 Å². The molecule has 2 aromatic carbocycles. The van der Waals surface area contributed by atoms with Crippen molar-refractivity contribution in [3.05, 3.63) is 69.6 Å². The maximum atomic E-state index is 13.4. The molecule has 3 aromatic rings. The van der Waals surface area contributed by atoms with E-state index in [4.69, 9.17) is 0 Å². The molecule has 0 bridgehead atoms. The van der Waals surface area contributed by atoms with Gasteiger partial charge in [-0.3, -0.25) is 4.79 Å². The molecule has 1 N–H and O–H groups in total. The lowest BCUT2D eigenvalue weighted by Crippen LogP contribution is -2.02. The smallest absolute Gasteiger partial charge is 0.196 e. The molecule has 0 amide bonds. The van der Waals surface area contributed by atoms with E-state index in [-0.39, 0.29) is 5.78 Å². The number of carbonyl (C=O) groups is 1. The number of nitrogens with one attached hydrogen (secondary N) is 1. The Balaban J connectivity index is 2.16. The Labute approximate surface area is 130 Å². The van der Waals surface area contributed by atoms with Crippen LogP contribution in [-0.2, 0) is 6.42 Å². The van der Waals surface area contributed by atoms with Gasteiger partial charge in [-0.1, -0.05) is 41.1 Å². The third-order valence-corrected chi connectivity index (χ3v) is 4.29. The van der Waals surface area contributed by atoms with Crippen LogP contribution in [0.3, 0.4) is 0 Å². The van der Waals surface area contributed by atoms with Crippen LogP contribution in [0, 0.1) is 5.82 Å². The zero-order valence-electron chi connectivity index (χ0n) is 11.4. The van der Waals surface area contributed by atoms with Crippen LogP contribution in [0.15, 0.2) is 47.1 Å². The molecule has 0 saturated heterocycles. The number of halogens is 2. The third-order valence-electron chi connectivity index (χ3n) is 3.60. The largest absolute Gasteiger partial charge is 0.360 e. The standard InChI is InChI=1S/C17H13BrFNO/c1-2-10-4-3-5-12-14(9-20-16(10)12)17(21)13-8-11(19)6-7-15(13)18/h3-9,20H,2H2,1H3. The van der Waals surface area contributed by atoms with Crippen LogP contribution in [0.5, 0.6) is 0 Å². The van der Waals surface area contributed by atoms with Crippen molar-refractivity contribution in [2.45, 2.75) is 13.3 Å². The second-order valence-electron chi connectivity index (χ2n) is 4.85. The molecule has 0 aliphatic carbocycles. The monoisotopic (exact) mass is 345 g/mol. The van der Waals surface area contributed by atoms with E-state index < -0.39 is 5.82 Å². The number of para-hydroxylation sites is 1. The summed E-state index contributed by atoms with van der Waals surface area (Å²) in [4.78, 5) is 15.8. The highest BCUT2D eigenvalue weighted by Crippen LogP contribution is 2.27. The number of rotatable bonds is 3. The maximum absolute atomic E-state index is 13.4. The lowest BCUT2D eigenvalue weighted by atomic mass is 10.0. The molecule has 0 atom stereocenters. The highest BCUT2D eigenvalue weighted by molar-refractivity contribution is 9.10. The summed E-state index contributed by atoms with van der Waals surface area (Å²) in [5.41, 5.74) is 3.02. The topological polar surface area (TPSA) is 32.9 Å². The summed E-state index contributed by atoms with van der Waals surface area (Å²) in [6.07, 6.45) is 2.58. The number of ketones is 1. The van der Waals surface area contributed by atoms with Gasteiger partial charge in [0.05, 0.1) is 0 Å². The number of aromatic amines is 1. The van der Waals surface area contributed by atoms with E-state index in [1.165, 1.54) is 12.1 Å². The number of hydrogen-bond donors (Lipinski definition) is 1. The molecular weight excluding hydrogens is 333 g/mol. The fraction of sp³-hybridized carbons (Fsp3) is 0.118. The average Bonchev–Trinajstić information content (AvgIpc) is 2.93. The molecule has 0 saturated carbocycles. The van der Waals surface area contributed by atoms with Crippen molar-refractivity contribution in [2.24, 2.45) is 0 Å². The summed E-state index contributed by atoms with van der Waals surface area (Å²) >= 11 is 3.31. The van der Waals surface area contributed by atoms with Crippen LogP contribution in [0.25, 0.3) is 10.9 Å². The summed E-state index contributed by atoms with van der Waals surface area (Å²) in [6.45, 7) is 2.07. The van der Waals surface area contributed by atoms with Gasteiger partial charge in [-0.25, -0.2) is 4.39 Å². The van der Waals surface area contributed by atoms with E-state index in [0.29, 0.717) is 15.6 Å². The molecule has 0 spiro atoms. The van der Waals surface area contributed by atoms with Crippen LogP contribution in [0.1, 0.15) is 28.4 Å². The minimum atomic E-state index is -0.421. The lowest BCUT2D eigenvalue weighted by molar-refractivity contribution is 0.103. The zero-order chi connectivity index (χ0) is 15.0. The molecule has 106 valence electrons. The van der Waals surface area contributed by atoms with Gasteiger partial charge in [0, 0.05) is 32.7 Å². The van der Waals surface area contributed by atoms with Gasteiger partial charge in [0.2, 0.25) is 0 Å². The molecule has 1 heterocycles. The number of aromatic nitrogens is 1. The minimum Gasteiger partial charge on any atom is -0.360 e. The van der Waals surface area contributed by atoms with E-state index >= 15 is 0 Å². The summed E-state index contributed by atoms with van der Waals surface area (Å²) in [7, 11) is 0. The maximum Gasteiger partial charge on any atom is 0.196 e. The van der Waals surface area contributed by atoms with Gasteiger partial charge in [-0.05, 0) is 30.2 Å². The molecule has 0 unspecified atom stereocenters. The van der Waals surface area contributed by atoms with Crippen LogP contribution < -0.4 is 0 Å². The third kappa shape index (κ3) is 2.40. The molecule has 0 radical (unpaired) electrons. The Morgan fingerprint density at radius 2 is 2.05 bits per heavy atom. The SMILES string of the molecule is CCc1cccc2c(C(=O)c3cc(F)ccc3Br)c[nH]c12. The number of aryl methyl sites for hydroxylation is 1.